The van der Waals surface area contributed by atoms with E-state index in [-0.39, 0.29) is 0 Å². The van der Waals surface area contributed by atoms with Crippen molar-refractivity contribution in [3.63, 3.8) is 0 Å². The van der Waals surface area contributed by atoms with Crippen molar-refractivity contribution in [1.29, 1.82) is 0 Å². The van der Waals surface area contributed by atoms with E-state index in [4.69, 9.17) is 10.7 Å². The molecular weight excluding hydrogens is 156 g/mol. The summed E-state index contributed by atoms with van der Waals surface area (Å²) in [5.74, 6) is 0. The number of rotatable bonds is 2. The molecule has 0 spiro atoms. The molecule has 0 aliphatic heterocycles. The van der Waals surface area contributed by atoms with Crippen molar-refractivity contribution in [1.82, 2.24) is 0 Å². The summed E-state index contributed by atoms with van der Waals surface area (Å²) in [7, 11) is 0. The third kappa shape index (κ3) is 2.00. The van der Waals surface area contributed by atoms with Crippen LogP contribution in [-0.2, 0) is 0 Å². The number of nitrogens with zero attached hydrogens (tertiary/aromatic N) is 4. The highest BCUT2D eigenvalue weighted by atomic mass is 16.4. The molecule has 1 rings (SSSR count). The van der Waals surface area contributed by atoms with E-state index >= 15 is 0 Å². The van der Waals surface area contributed by atoms with E-state index in [1.54, 1.807) is 24.3 Å². The molecule has 0 radical (unpaired) electrons. The summed E-state index contributed by atoms with van der Waals surface area (Å²) in [6.07, 6.45) is 1.29. The molecule has 0 atom stereocenters. The predicted octanol–water partition coefficient (Wildman–Crippen LogP) is 2.44. The Labute approximate surface area is 68.6 Å². The lowest BCUT2D eigenvalue weighted by atomic mass is 10.2. The van der Waals surface area contributed by atoms with Crippen LogP contribution in [0.2, 0.25) is 0 Å². The summed E-state index contributed by atoms with van der Waals surface area (Å²) in [4.78, 5) is 2.62. The normalized spacial score (nSPS) is 9.67. The average molecular weight is 162 g/mol. The third-order valence-corrected chi connectivity index (χ3v) is 1.26. The van der Waals surface area contributed by atoms with Crippen LogP contribution in [0.4, 0.5) is 5.69 Å². The summed E-state index contributed by atoms with van der Waals surface area (Å²) < 4.78 is 0. The van der Waals surface area contributed by atoms with E-state index < -0.39 is 0 Å². The molecule has 12 heavy (non-hydrogen) atoms. The van der Waals surface area contributed by atoms with E-state index in [1.807, 2.05) is 0 Å². The van der Waals surface area contributed by atoms with Crippen LogP contribution in [0, 0.1) is 0 Å². The van der Waals surface area contributed by atoms with E-state index in [1.165, 1.54) is 6.21 Å². The second-order valence-corrected chi connectivity index (χ2v) is 2.03. The first-order chi connectivity index (χ1) is 5.86. The first-order valence-corrected chi connectivity index (χ1v) is 3.19. The van der Waals surface area contributed by atoms with Gasteiger partial charge in [-0.25, -0.2) is 0 Å². The van der Waals surface area contributed by atoms with Gasteiger partial charge in [0, 0.05) is 10.6 Å². The number of oxime groups is 1. The van der Waals surface area contributed by atoms with Gasteiger partial charge in [-0.2, -0.15) is 0 Å². The second-order valence-electron chi connectivity index (χ2n) is 2.03. The van der Waals surface area contributed by atoms with Crippen molar-refractivity contribution in [2.24, 2.45) is 10.3 Å². The van der Waals surface area contributed by atoms with Crippen LogP contribution >= 0.6 is 0 Å². The maximum absolute atomic E-state index is 8.18. The zero-order chi connectivity index (χ0) is 8.81. The van der Waals surface area contributed by atoms with Gasteiger partial charge in [0.05, 0.1) is 6.21 Å². The number of azide groups is 1. The fourth-order valence-electron chi connectivity index (χ4n) is 0.745. The predicted molar refractivity (Wildman–Crippen MR) is 44.6 cm³/mol. The molecule has 0 heterocycles. The van der Waals surface area contributed by atoms with Crippen molar-refractivity contribution in [3.05, 3.63) is 40.3 Å². The van der Waals surface area contributed by atoms with Crippen LogP contribution in [0.1, 0.15) is 5.56 Å². The Morgan fingerprint density at radius 3 is 2.50 bits per heavy atom. The molecule has 1 N–H and O–H groups in total. The van der Waals surface area contributed by atoms with Gasteiger partial charge in [-0.05, 0) is 11.1 Å². The third-order valence-electron chi connectivity index (χ3n) is 1.26. The van der Waals surface area contributed by atoms with Gasteiger partial charge in [-0.1, -0.05) is 34.5 Å². The standard InChI is InChI=1S/C7H6N4O/c8-11-10-7-3-1-6(2-4-7)5-9-12/h1-5,12H/b9-5-. The first-order valence-electron chi connectivity index (χ1n) is 3.19. The zero-order valence-electron chi connectivity index (χ0n) is 6.12. The van der Waals surface area contributed by atoms with Crippen LogP contribution < -0.4 is 0 Å². The largest absolute Gasteiger partial charge is 0.411 e. The lowest BCUT2D eigenvalue weighted by Crippen LogP contribution is -1.77. The van der Waals surface area contributed by atoms with Gasteiger partial charge in [0.2, 0.25) is 0 Å². The van der Waals surface area contributed by atoms with Gasteiger partial charge in [0.25, 0.3) is 0 Å². The van der Waals surface area contributed by atoms with Crippen LogP contribution in [0.5, 0.6) is 0 Å². The first kappa shape index (κ1) is 8.10. The Morgan fingerprint density at radius 2 is 2.00 bits per heavy atom. The molecule has 0 aliphatic rings. The lowest BCUT2D eigenvalue weighted by molar-refractivity contribution is 0.322. The Balaban J connectivity index is 2.92. The molecule has 0 saturated carbocycles. The van der Waals surface area contributed by atoms with Crippen LogP contribution in [0.25, 0.3) is 10.4 Å². The molecule has 0 aromatic heterocycles. The molecule has 1 aromatic carbocycles. The fourth-order valence-corrected chi connectivity index (χ4v) is 0.745. The minimum absolute atomic E-state index is 0.535. The van der Waals surface area contributed by atoms with Crippen molar-refractivity contribution in [2.75, 3.05) is 0 Å². The quantitative estimate of drug-likeness (QED) is 0.178. The zero-order valence-corrected chi connectivity index (χ0v) is 6.12. The highest BCUT2D eigenvalue weighted by Crippen LogP contribution is 2.11. The van der Waals surface area contributed by atoms with Gasteiger partial charge in [-0.3, -0.25) is 0 Å². The maximum atomic E-state index is 8.18. The summed E-state index contributed by atoms with van der Waals surface area (Å²) in [5.41, 5.74) is 9.36. The SMILES string of the molecule is [N-]=[N+]=Nc1ccc(/C=N\O)cc1. The van der Waals surface area contributed by atoms with E-state index in [0.717, 1.165) is 5.56 Å². The van der Waals surface area contributed by atoms with Gasteiger partial charge in [0.1, 0.15) is 0 Å². The molecule has 0 amide bonds. The fraction of sp³-hybridized carbons (Fsp3) is 0. The number of benzene rings is 1. The summed E-state index contributed by atoms with van der Waals surface area (Å²) in [5, 5.41) is 14.4. The van der Waals surface area contributed by atoms with Crippen molar-refractivity contribution < 1.29 is 5.21 Å². The van der Waals surface area contributed by atoms with Crippen molar-refractivity contribution in [3.8, 4) is 0 Å². The van der Waals surface area contributed by atoms with E-state index in [9.17, 15) is 0 Å². The van der Waals surface area contributed by atoms with Crippen molar-refractivity contribution >= 4 is 11.9 Å². The molecule has 0 saturated heterocycles. The molecule has 0 fully saturated rings. The Kier molecular flexibility index (Phi) is 2.70. The number of hydrogen-bond acceptors (Lipinski definition) is 3. The van der Waals surface area contributed by atoms with Gasteiger partial charge >= 0.3 is 0 Å². The Morgan fingerprint density at radius 1 is 1.33 bits per heavy atom. The molecular formula is C7H6N4O. The molecule has 0 aliphatic carbocycles. The van der Waals surface area contributed by atoms with Crippen LogP contribution in [0.3, 0.4) is 0 Å². The topological polar surface area (TPSA) is 81.4 Å². The minimum atomic E-state index is 0.535. The monoisotopic (exact) mass is 162 g/mol. The van der Waals surface area contributed by atoms with Crippen molar-refractivity contribution in [2.45, 2.75) is 0 Å². The molecule has 0 unspecified atom stereocenters. The second kappa shape index (κ2) is 4.00. The van der Waals surface area contributed by atoms with E-state index in [0.29, 0.717) is 5.69 Å². The highest BCUT2D eigenvalue weighted by Gasteiger charge is 1.88. The Bertz CT molecular complexity index is 324. The van der Waals surface area contributed by atoms with E-state index in [2.05, 4.69) is 15.2 Å². The summed E-state index contributed by atoms with van der Waals surface area (Å²) in [6, 6.07) is 6.64. The molecule has 1 aromatic rings. The van der Waals surface area contributed by atoms with Gasteiger partial charge < -0.3 is 5.21 Å². The molecule has 0 bridgehead atoms. The van der Waals surface area contributed by atoms with Crippen LogP contribution in [-0.4, -0.2) is 11.4 Å². The lowest BCUT2D eigenvalue weighted by Gasteiger charge is -1.91. The minimum Gasteiger partial charge on any atom is -0.411 e. The Hall–Kier alpha value is -2.00. The smallest absolute Gasteiger partial charge is 0.0733 e. The summed E-state index contributed by atoms with van der Waals surface area (Å²) >= 11 is 0. The highest BCUT2D eigenvalue weighted by molar-refractivity contribution is 5.79. The maximum Gasteiger partial charge on any atom is 0.0733 e. The average Bonchev–Trinajstić information content (AvgIpc) is 2.09. The summed E-state index contributed by atoms with van der Waals surface area (Å²) in [6.45, 7) is 0. The van der Waals surface area contributed by atoms with Gasteiger partial charge in [-0.15, -0.1) is 0 Å². The molecule has 60 valence electrons. The molecule has 5 nitrogen and oxygen atoms in total. The van der Waals surface area contributed by atoms with Crippen LogP contribution in [0.15, 0.2) is 34.5 Å². The molecule has 5 heteroatoms. The number of hydrogen-bond donors (Lipinski definition) is 1. The van der Waals surface area contributed by atoms with Gasteiger partial charge in [0.15, 0.2) is 0 Å².